The second-order valence-corrected chi connectivity index (χ2v) is 5.77. The van der Waals surface area contributed by atoms with Crippen LogP contribution >= 0.6 is 11.6 Å². The van der Waals surface area contributed by atoms with E-state index in [0.717, 1.165) is 0 Å². The van der Waals surface area contributed by atoms with E-state index < -0.39 is 0 Å². The lowest BCUT2D eigenvalue weighted by atomic mass is 10.0. The zero-order valence-corrected chi connectivity index (χ0v) is 13.5. The predicted molar refractivity (Wildman–Crippen MR) is 84.9 cm³/mol. The lowest BCUT2D eigenvalue weighted by Crippen LogP contribution is -2.38. The van der Waals surface area contributed by atoms with Gasteiger partial charge in [-0.1, -0.05) is 41.9 Å². The maximum Gasteiger partial charge on any atom is 0.257 e. The third-order valence-corrected chi connectivity index (χ3v) is 4.05. The first-order valence-corrected chi connectivity index (χ1v) is 7.46. The molecule has 118 valence electrons. The van der Waals surface area contributed by atoms with E-state index in [0.29, 0.717) is 27.6 Å². The minimum Gasteiger partial charge on any atom is -0.396 e. The number of benzene rings is 1. The Morgan fingerprint density at radius 2 is 2.09 bits per heavy atom. The molecule has 0 bridgehead atoms. The molecule has 2 atom stereocenters. The van der Waals surface area contributed by atoms with Gasteiger partial charge in [-0.05, 0) is 25.8 Å². The van der Waals surface area contributed by atoms with E-state index in [9.17, 15) is 9.90 Å². The van der Waals surface area contributed by atoms with Crippen molar-refractivity contribution in [2.24, 2.45) is 5.92 Å². The van der Waals surface area contributed by atoms with Gasteiger partial charge in [0, 0.05) is 18.2 Å². The largest absolute Gasteiger partial charge is 0.396 e. The van der Waals surface area contributed by atoms with Crippen molar-refractivity contribution >= 4 is 17.5 Å². The molecule has 2 aromatic rings. The normalized spacial score (nSPS) is 13.7. The van der Waals surface area contributed by atoms with Crippen LogP contribution in [0.2, 0.25) is 5.02 Å². The van der Waals surface area contributed by atoms with Gasteiger partial charge in [0.05, 0.1) is 5.02 Å². The van der Waals surface area contributed by atoms with Crippen LogP contribution in [0.4, 0.5) is 0 Å². The molecule has 0 saturated carbocycles. The summed E-state index contributed by atoms with van der Waals surface area (Å²) < 4.78 is 5.18. The Morgan fingerprint density at radius 3 is 2.73 bits per heavy atom. The maximum atomic E-state index is 12.5. The van der Waals surface area contributed by atoms with Gasteiger partial charge in [-0.15, -0.1) is 0 Å². The van der Waals surface area contributed by atoms with E-state index in [1.54, 1.807) is 19.1 Å². The van der Waals surface area contributed by atoms with E-state index in [-0.39, 0.29) is 24.5 Å². The quantitative estimate of drug-likeness (QED) is 0.887. The van der Waals surface area contributed by atoms with Gasteiger partial charge in [-0.2, -0.15) is 0 Å². The first-order chi connectivity index (χ1) is 10.5. The molecule has 22 heavy (non-hydrogen) atoms. The fourth-order valence-electron chi connectivity index (χ4n) is 2.06. The molecule has 0 saturated heterocycles. The number of aliphatic hydroxyl groups excluding tert-OH is 1. The van der Waals surface area contributed by atoms with Crippen LogP contribution in [0.5, 0.6) is 0 Å². The molecule has 1 aromatic heterocycles. The second-order valence-electron chi connectivity index (χ2n) is 5.36. The molecule has 1 heterocycles. The number of rotatable bonds is 5. The van der Waals surface area contributed by atoms with Gasteiger partial charge in [0.1, 0.15) is 17.0 Å². The van der Waals surface area contributed by atoms with Crippen molar-refractivity contribution in [2.45, 2.75) is 26.8 Å². The van der Waals surface area contributed by atoms with Gasteiger partial charge in [-0.3, -0.25) is 4.79 Å². The Hall–Kier alpha value is -1.85. The number of nitrogens with zero attached hydrogens (tertiary/aromatic N) is 1. The van der Waals surface area contributed by atoms with E-state index in [2.05, 4.69) is 10.5 Å². The van der Waals surface area contributed by atoms with Crippen LogP contribution in [0, 0.1) is 12.8 Å². The van der Waals surface area contributed by atoms with Gasteiger partial charge in [0.2, 0.25) is 0 Å². The Morgan fingerprint density at radius 1 is 1.41 bits per heavy atom. The van der Waals surface area contributed by atoms with Gasteiger partial charge in [0.25, 0.3) is 5.91 Å². The number of hydrogen-bond donors (Lipinski definition) is 2. The molecule has 0 aliphatic carbocycles. The summed E-state index contributed by atoms with van der Waals surface area (Å²) in [5, 5.41) is 16.5. The second kappa shape index (κ2) is 6.94. The number of nitrogens with one attached hydrogen (secondary N) is 1. The predicted octanol–water partition coefficient (Wildman–Crippen LogP) is 3.05. The van der Waals surface area contributed by atoms with Crippen LogP contribution in [0.3, 0.4) is 0 Å². The summed E-state index contributed by atoms with van der Waals surface area (Å²) in [6, 6.07) is 6.98. The fraction of sp³-hybridized carbons (Fsp3) is 0.375. The summed E-state index contributed by atoms with van der Waals surface area (Å²) in [6.45, 7) is 5.39. The minimum atomic E-state index is -0.290. The topological polar surface area (TPSA) is 75.4 Å². The van der Waals surface area contributed by atoms with Gasteiger partial charge in [0.15, 0.2) is 0 Å². The molecule has 1 aromatic carbocycles. The van der Waals surface area contributed by atoms with E-state index in [1.165, 1.54) is 0 Å². The molecule has 2 N–H and O–H groups in total. The number of carbonyl (C=O) groups excluding carboxylic acids is 1. The van der Waals surface area contributed by atoms with E-state index >= 15 is 0 Å². The monoisotopic (exact) mass is 322 g/mol. The van der Waals surface area contributed by atoms with Crippen LogP contribution < -0.4 is 5.32 Å². The summed E-state index contributed by atoms with van der Waals surface area (Å²) in [7, 11) is 0. The SMILES string of the molecule is Cc1onc(-c2ccccc2Cl)c1C(=O)NC(C)C(C)CO. The van der Waals surface area contributed by atoms with Crippen molar-refractivity contribution in [3.8, 4) is 11.3 Å². The molecule has 6 heteroatoms. The summed E-state index contributed by atoms with van der Waals surface area (Å²) in [4.78, 5) is 12.5. The van der Waals surface area contributed by atoms with Crippen molar-refractivity contribution in [3.63, 3.8) is 0 Å². The van der Waals surface area contributed by atoms with Crippen LogP contribution in [-0.4, -0.2) is 28.8 Å². The molecule has 0 spiro atoms. The van der Waals surface area contributed by atoms with Crippen molar-refractivity contribution in [3.05, 3.63) is 40.6 Å². The number of amides is 1. The molecule has 1 amide bonds. The highest BCUT2D eigenvalue weighted by Crippen LogP contribution is 2.31. The van der Waals surface area contributed by atoms with Crippen molar-refractivity contribution in [1.29, 1.82) is 0 Å². The molecule has 2 unspecified atom stereocenters. The molecule has 0 radical (unpaired) electrons. The van der Waals surface area contributed by atoms with Gasteiger partial charge in [-0.25, -0.2) is 0 Å². The first kappa shape index (κ1) is 16.5. The molecule has 0 fully saturated rings. The maximum absolute atomic E-state index is 12.5. The van der Waals surface area contributed by atoms with Crippen molar-refractivity contribution < 1.29 is 14.4 Å². The summed E-state index contributed by atoms with van der Waals surface area (Å²) in [5.74, 6) is 0.0885. The Bertz CT molecular complexity index is 669. The van der Waals surface area contributed by atoms with Gasteiger partial charge < -0.3 is 14.9 Å². The third kappa shape index (κ3) is 3.31. The van der Waals surface area contributed by atoms with E-state index in [1.807, 2.05) is 26.0 Å². The summed E-state index contributed by atoms with van der Waals surface area (Å²) in [6.07, 6.45) is 0. The highest BCUT2D eigenvalue weighted by atomic mass is 35.5. The van der Waals surface area contributed by atoms with Crippen LogP contribution in [0.15, 0.2) is 28.8 Å². The summed E-state index contributed by atoms with van der Waals surface area (Å²) in [5.41, 5.74) is 1.43. The lowest BCUT2D eigenvalue weighted by Gasteiger charge is -2.19. The zero-order chi connectivity index (χ0) is 16.3. The van der Waals surface area contributed by atoms with Crippen LogP contribution in [0.1, 0.15) is 30.0 Å². The Labute approximate surface area is 134 Å². The fourth-order valence-corrected chi connectivity index (χ4v) is 2.28. The first-order valence-electron chi connectivity index (χ1n) is 7.08. The highest BCUT2D eigenvalue weighted by Gasteiger charge is 2.25. The molecular weight excluding hydrogens is 304 g/mol. The van der Waals surface area contributed by atoms with Crippen molar-refractivity contribution in [1.82, 2.24) is 10.5 Å². The van der Waals surface area contributed by atoms with Crippen molar-refractivity contribution in [2.75, 3.05) is 6.61 Å². The van der Waals surface area contributed by atoms with Crippen LogP contribution in [-0.2, 0) is 0 Å². The minimum absolute atomic E-state index is 0.00142. The summed E-state index contributed by atoms with van der Waals surface area (Å²) >= 11 is 6.18. The number of carbonyl (C=O) groups is 1. The number of hydrogen-bond acceptors (Lipinski definition) is 4. The smallest absolute Gasteiger partial charge is 0.257 e. The number of halogens is 1. The number of aromatic nitrogens is 1. The average Bonchev–Trinajstić information content (AvgIpc) is 2.88. The van der Waals surface area contributed by atoms with Gasteiger partial charge >= 0.3 is 0 Å². The zero-order valence-electron chi connectivity index (χ0n) is 12.8. The number of aliphatic hydroxyl groups is 1. The number of aryl methyl sites for hydroxylation is 1. The standard InChI is InChI=1S/C16H19ClN2O3/c1-9(8-20)10(2)18-16(21)14-11(3)22-19-15(14)12-6-4-5-7-13(12)17/h4-7,9-10,20H,8H2,1-3H3,(H,18,21). The third-order valence-electron chi connectivity index (χ3n) is 3.72. The van der Waals surface area contributed by atoms with Crippen LogP contribution in [0.25, 0.3) is 11.3 Å². The molecule has 0 aliphatic rings. The van der Waals surface area contributed by atoms with E-state index in [4.69, 9.17) is 16.1 Å². The molecule has 5 nitrogen and oxygen atoms in total. The molecule has 0 aliphatic heterocycles. The highest BCUT2D eigenvalue weighted by molar-refractivity contribution is 6.33. The molecule has 2 rings (SSSR count). The lowest BCUT2D eigenvalue weighted by molar-refractivity contribution is 0.0915. The average molecular weight is 323 g/mol. The Kier molecular flexibility index (Phi) is 5.21. The Balaban J connectivity index is 2.34. The molecular formula is C16H19ClN2O3.